The van der Waals surface area contributed by atoms with Gasteiger partial charge >= 0.3 is 0 Å². The zero-order chi connectivity index (χ0) is 17.1. The van der Waals surface area contributed by atoms with Crippen LogP contribution in [0.15, 0.2) is 58.0 Å². The Morgan fingerprint density at radius 1 is 1.21 bits per heavy atom. The van der Waals surface area contributed by atoms with Crippen LogP contribution in [0.1, 0.15) is 15.9 Å². The van der Waals surface area contributed by atoms with Gasteiger partial charge in [0.2, 0.25) is 0 Å². The van der Waals surface area contributed by atoms with Gasteiger partial charge in [0.05, 0.1) is 12.2 Å². The summed E-state index contributed by atoms with van der Waals surface area (Å²) in [6.07, 6.45) is 3.07. The first-order valence-corrected chi connectivity index (χ1v) is 8.49. The van der Waals surface area contributed by atoms with Crippen LogP contribution in [0.4, 0.5) is 10.1 Å². The molecule has 24 heavy (non-hydrogen) atoms. The fourth-order valence-corrected chi connectivity index (χ4v) is 3.49. The average Bonchev–Trinajstić information content (AvgIpc) is 3.04. The largest absolute Gasteiger partial charge is 0.320 e. The summed E-state index contributed by atoms with van der Waals surface area (Å²) in [6.45, 7) is 0.519. The second kappa shape index (κ2) is 7.23. The van der Waals surface area contributed by atoms with Gasteiger partial charge in [-0.1, -0.05) is 12.1 Å². The summed E-state index contributed by atoms with van der Waals surface area (Å²) in [7, 11) is 0. The standard InChI is InChI=1S/C16H11Br2FN4O/c17-13-5-12(19)6-14(18)15(13)22-16(24)11-3-1-2-10(4-11)7-23-9-20-8-21-23/h1-6,8-9H,7H2,(H,22,24). The van der Waals surface area contributed by atoms with E-state index in [1.54, 1.807) is 29.2 Å². The Labute approximate surface area is 154 Å². The number of carbonyl (C=O) groups excluding carboxylic acids is 1. The van der Waals surface area contributed by atoms with Crippen molar-refractivity contribution in [3.63, 3.8) is 0 Å². The molecule has 0 aliphatic rings. The molecule has 1 aromatic heterocycles. The van der Waals surface area contributed by atoms with Gasteiger partial charge in [-0.05, 0) is 61.7 Å². The Morgan fingerprint density at radius 2 is 1.96 bits per heavy atom. The quantitative estimate of drug-likeness (QED) is 0.642. The van der Waals surface area contributed by atoms with Gasteiger partial charge in [-0.15, -0.1) is 0 Å². The summed E-state index contributed by atoms with van der Waals surface area (Å²) in [5, 5.41) is 6.82. The van der Waals surface area contributed by atoms with Gasteiger partial charge in [0.1, 0.15) is 18.5 Å². The van der Waals surface area contributed by atoms with Gasteiger partial charge in [0.15, 0.2) is 0 Å². The molecule has 0 radical (unpaired) electrons. The Kier molecular flexibility index (Phi) is 5.06. The number of carbonyl (C=O) groups is 1. The topological polar surface area (TPSA) is 59.8 Å². The minimum absolute atomic E-state index is 0.288. The maximum atomic E-state index is 13.3. The number of aromatic nitrogens is 3. The molecule has 0 saturated carbocycles. The molecule has 2 aromatic carbocycles. The van der Waals surface area contributed by atoms with Gasteiger partial charge < -0.3 is 5.32 Å². The second-order valence-corrected chi connectivity index (χ2v) is 6.70. The molecule has 8 heteroatoms. The van der Waals surface area contributed by atoms with Crippen LogP contribution in [0.25, 0.3) is 0 Å². The minimum Gasteiger partial charge on any atom is -0.320 e. The number of anilines is 1. The molecule has 0 spiro atoms. The van der Waals surface area contributed by atoms with Crippen LogP contribution in [0.5, 0.6) is 0 Å². The van der Waals surface area contributed by atoms with E-state index in [1.165, 1.54) is 18.5 Å². The van der Waals surface area contributed by atoms with Crippen LogP contribution in [-0.4, -0.2) is 20.7 Å². The van der Waals surface area contributed by atoms with Gasteiger partial charge in [-0.25, -0.2) is 14.1 Å². The predicted octanol–water partition coefficient (Wildman–Crippen LogP) is 4.24. The van der Waals surface area contributed by atoms with Crippen molar-refractivity contribution < 1.29 is 9.18 Å². The molecule has 0 aliphatic heterocycles. The third-order valence-corrected chi connectivity index (χ3v) is 4.50. The summed E-state index contributed by atoms with van der Waals surface area (Å²) in [5.41, 5.74) is 1.89. The molecule has 0 unspecified atom stereocenters. The van der Waals surface area contributed by atoms with E-state index in [0.717, 1.165) is 5.56 Å². The van der Waals surface area contributed by atoms with E-state index in [1.807, 2.05) is 6.07 Å². The van der Waals surface area contributed by atoms with Crippen LogP contribution in [0, 0.1) is 5.82 Å². The lowest BCUT2D eigenvalue weighted by Crippen LogP contribution is -2.13. The third kappa shape index (κ3) is 3.88. The van der Waals surface area contributed by atoms with Crippen molar-refractivity contribution in [3.8, 4) is 0 Å². The molecular formula is C16H11Br2FN4O. The van der Waals surface area contributed by atoms with E-state index in [2.05, 4.69) is 47.3 Å². The smallest absolute Gasteiger partial charge is 0.255 e. The second-order valence-electron chi connectivity index (χ2n) is 4.99. The van der Waals surface area contributed by atoms with Crippen molar-refractivity contribution in [2.45, 2.75) is 6.54 Å². The van der Waals surface area contributed by atoms with Crippen molar-refractivity contribution in [1.82, 2.24) is 14.8 Å². The van der Waals surface area contributed by atoms with Crippen molar-refractivity contribution in [3.05, 3.63) is 74.9 Å². The zero-order valence-electron chi connectivity index (χ0n) is 12.2. The van der Waals surface area contributed by atoms with Gasteiger partial charge in [-0.3, -0.25) is 4.79 Å². The SMILES string of the molecule is O=C(Nc1c(Br)cc(F)cc1Br)c1cccc(Cn2cncn2)c1. The van der Waals surface area contributed by atoms with E-state index < -0.39 is 5.82 Å². The summed E-state index contributed by atoms with van der Waals surface area (Å²) in [4.78, 5) is 16.4. The minimum atomic E-state index is -0.401. The van der Waals surface area contributed by atoms with Crippen LogP contribution in [-0.2, 0) is 6.54 Å². The Hall–Kier alpha value is -2.06. The summed E-state index contributed by atoms with van der Waals surface area (Å²) in [5.74, 6) is -0.690. The molecule has 0 fully saturated rings. The molecule has 3 aromatic rings. The van der Waals surface area contributed by atoms with E-state index in [9.17, 15) is 9.18 Å². The van der Waals surface area contributed by atoms with Gasteiger partial charge in [-0.2, -0.15) is 5.10 Å². The molecule has 5 nitrogen and oxygen atoms in total. The fraction of sp³-hybridized carbons (Fsp3) is 0.0625. The van der Waals surface area contributed by atoms with E-state index in [-0.39, 0.29) is 5.91 Å². The molecule has 0 aliphatic carbocycles. The Bertz CT molecular complexity index is 861. The van der Waals surface area contributed by atoms with Gasteiger partial charge in [0, 0.05) is 14.5 Å². The fourth-order valence-electron chi connectivity index (χ4n) is 2.16. The highest BCUT2D eigenvalue weighted by atomic mass is 79.9. The first-order valence-electron chi connectivity index (χ1n) is 6.90. The maximum absolute atomic E-state index is 13.3. The highest BCUT2D eigenvalue weighted by molar-refractivity contribution is 9.11. The van der Waals surface area contributed by atoms with Crippen molar-refractivity contribution in [2.75, 3.05) is 5.32 Å². The summed E-state index contributed by atoms with van der Waals surface area (Å²) in [6, 6.07) is 9.79. The van der Waals surface area contributed by atoms with Crippen LogP contribution >= 0.6 is 31.9 Å². The molecule has 122 valence electrons. The molecule has 1 heterocycles. The molecule has 1 amide bonds. The number of amides is 1. The van der Waals surface area contributed by atoms with E-state index in [0.29, 0.717) is 26.7 Å². The first-order chi connectivity index (χ1) is 11.5. The number of hydrogen-bond donors (Lipinski definition) is 1. The van der Waals surface area contributed by atoms with Crippen LogP contribution < -0.4 is 5.32 Å². The molecule has 0 bridgehead atoms. The predicted molar refractivity (Wildman–Crippen MR) is 95.3 cm³/mol. The molecule has 3 rings (SSSR count). The molecular weight excluding hydrogens is 443 g/mol. The number of halogens is 3. The van der Waals surface area contributed by atoms with Crippen LogP contribution in [0.2, 0.25) is 0 Å². The van der Waals surface area contributed by atoms with Crippen molar-refractivity contribution in [2.24, 2.45) is 0 Å². The summed E-state index contributed by atoms with van der Waals surface area (Å²) < 4.78 is 15.9. The molecule has 0 atom stereocenters. The number of hydrogen-bond acceptors (Lipinski definition) is 3. The average molecular weight is 454 g/mol. The van der Waals surface area contributed by atoms with Crippen molar-refractivity contribution >= 4 is 43.5 Å². The Balaban J connectivity index is 1.81. The van der Waals surface area contributed by atoms with E-state index >= 15 is 0 Å². The zero-order valence-corrected chi connectivity index (χ0v) is 15.4. The highest BCUT2D eigenvalue weighted by Crippen LogP contribution is 2.32. The number of nitrogens with zero attached hydrogens (tertiary/aromatic N) is 3. The summed E-state index contributed by atoms with van der Waals surface area (Å²) >= 11 is 6.50. The lowest BCUT2D eigenvalue weighted by Gasteiger charge is -2.11. The normalized spacial score (nSPS) is 10.6. The van der Waals surface area contributed by atoms with E-state index in [4.69, 9.17) is 0 Å². The number of rotatable bonds is 4. The molecule has 0 saturated heterocycles. The molecule has 1 N–H and O–H groups in total. The lowest BCUT2D eigenvalue weighted by molar-refractivity contribution is 0.102. The number of nitrogens with one attached hydrogen (secondary N) is 1. The van der Waals surface area contributed by atoms with Crippen molar-refractivity contribution in [1.29, 1.82) is 0 Å². The number of benzene rings is 2. The third-order valence-electron chi connectivity index (χ3n) is 3.25. The van der Waals surface area contributed by atoms with Gasteiger partial charge in [0.25, 0.3) is 5.91 Å². The monoisotopic (exact) mass is 452 g/mol. The first kappa shape index (κ1) is 16.8. The Morgan fingerprint density at radius 3 is 2.62 bits per heavy atom. The van der Waals surface area contributed by atoms with Crippen LogP contribution in [0.3, 0.4) is 0 Å². The maximum Gasteiger partial charge on any atom is 0.255 e. The lowest BCUT2D eigenvalue weighted by atomic mass is 10.1. The highest BCUT2D eigenvalue weighted by Gasteiger charge is 2.13.